The maximum Gasteiger partial charge on any atom is 0.293 e. The fourth-order valence-electron chi connectivity index (χ4n) is 0.537. The molecule has 0 saturated carbocycles. The van der Waals surface area contributed by atoms with E-state index in [1.54, 1.807) is 7.11 Å². The summed E-state index contributed by atoms with van der Waals surface area (Å²) in [4.78, 5) is 9.92. The highest BCUT2D eigenvalue weighted by Crippen LogP contribution is 2.12. The first-order valence-corrected chi connectivity index (χ1v) is 3.23. The van der Waals surface area contributed by atoms with Crippen molar-refractivity contribution in [3.63, 3.8) is 0 Å². The van der Waals surface area contributed by atoms with Crippen LogP contribution in [0.2, 0.25) is 0 Å². The molecule has 3 heteroatoms. The zero-order valence-electron chi connectivity index (χ0n) is 6.72. The summed E-state index contributed by atoms with van der Waals surface area (Å²) in [6, 6.07) is 0. The van der Waals surface area contributed by atoms with Crippen LogP contribution in [0.15, 0.2) is 0 Å². The van der Waals surface area contributed by atoms with E-state index in [9.17, 15) is 4.79 Å². The van der Waals surface area contributed by atoms with Crippen molar-refractivity contribution in [1.29, 1.82) is 0 Å². The molecule has 0 unspecified atom stereocenters. The second-order valence-corrected chi connectivity index (χ2v) is 2.72. The summed E-state index contributed by atoms with van der Waals surface area (Å²) >= 11 is 0. The molecule has 0 aromatic carbocycles. The number of hydrogen-bond donors (Lipinski definition) is 0. The Bertz CT molecular complexity index is 99.0. The molecule has 0 aliphatic rings. The van der Waals surface area contributed by atoms with Crippen LogP contribution in [-0.4, -0.2) is 25.8 Å². The first-order valence-electron chi connectivity index (χ1n) is 3.23. The molecule has 0 bridgehead atoms. The van der Waals surface area contributed by atoms with E-state index in [1.807, 2.05) is 13.8 Å². The lowest BCUT2D eigenvalue weighted by atomic mass is 10.1. The molecule has 60 valence electrons. The number of ether oxygens (including phenoxy) is 2. The van der Waals surface area contributed by atoms with Gasteiger partial charge in [-0.1, -0.05) is 0 Å². The first kappa shape index (κ1) is 9.43. The van der Waals surface area contributed by atoms with Gasteiger partial charge in [0.1, 0.15) is 5.60 Å². The maximum atomic E-state index is 9.92. The van der Waals surface area contributed by atoms with Crippen molar-refractivity contribution < 1.29 is 14.3 Å². The van der Waals surface area contributed by atoms with E-state index in [-0.39, 0.29) is 0 Å². The van der Waals surface area contributed by atoms with E-state index >= 15 is 0 Å². The van der Waals surface area contributed by atoms with Crippen molar-refractivity contribution in [3.8, 4) is 0 Å². The Morgan fingerprint density at radius 2 is 2.10 bits per heavy atom. The average molecular weight is 146 g/mol. The normalized spacial score (nSPS) is 11.1. The van der Waals surface area contributed by atoms with Gasteiger partial charge in [0, 0.05) is 20.1 Å². The lowest BCUT2D eigenvalue weighted by Crippen LogP contribution is -2.25. The SMILES string of the molecule is COCCC(C)(C)OC=O. The Morgan fingerprint density at radius 1 is 1.50 bits per heavy atom. The molecule has 0 fully saturated rings. The number of rotatable bonds is 5. The molecule has 0 aromatic rings. The molecule has 0 aliphatic heterocycles. The van der Waals surface area contributed by atoms with Crippen LogP contribution >= 0.6 is 0 Å². The fraction of sp³-hybridized carbons (Fsp3) is 0.857. The molecule has 0 aromatic heterocycles. The highest BCUT2D eigenvalue weighted by Gasteiger charge is 2.17. The molecule has 0 atom stereocenters. The molecule has 0 heterocycles. The van der Waals surface area contributed by atoms with Gasteiger partial charge in [-0.2, -0.15) is 0 Å². The van der Waals surface area contributed by atoms with Crippen LogP contribution < -0.4 is 0 Å². The summed E-state index contributed by atoms with van der Waals surface area (Å²) in [7, 11) is 1.62. The minimum absolute atomic E-state index is 0.391. The largest absolute Gasteiger partial charge is 0.462 e. The van der Waals surface area contributed by atoms with Gasteiger partial charge in [-0.05, 0) is 13.8 Å². The van der Waals surface area contributed by atoms with Crippen molar-refractivity contribution in [3.05, 3.63) is 0 Å². The zero-order chi connectivity index (χ0) is 8.04. The van der Waals surface area contributed by atoms with Crippen LogP contribution in [0.3, 0.4) is 0 Å². The predicted octanol–water partition coefficient (Wildman–Crippen LogP) is 0.974. The molecule has 0 rings (SSSR count). The summed E-state index contributed by atoms with van der Waals surface area (Å²) in [6.07, 6.45) is 0.724. The third-order valence-electron chi connectivity index (χ3n) is 1.28. The van der Waals surface area contributed by atoms with Gasteiger partial charge in [-0.15, -0.1) is 0 Å². The van der Waals surface area contributed by atoms with E-state index in [0.29, 0.717) is 13.1 Å². The second-order valence-electron chi connectivity index (χ2n) is 2.72. The Hall–Kier alpha value is -0.570. The smallest absolute Gasteiger partial charge is 0.293 e. The quantitative estimate of drug-likeness (QED) is 0.542. The van der Waals surface area contributed by atoms with Gasteiger partial charge in [0.25, 0.3) is 6.47 Å². The highest BCUT2D eigenvalue weighted by molar-refractivity contribution is 5.38. The van der Waals surface area contributed by atoms with Crippen molar-refractivity contribution in [2.75, 3.05) is 13.7 Å². The molecule has 10 heavy (non-hydrogen) atoms. The van der Waals surface area contributed by atoms with Crippen LogP contribution in [0, 0.1) is 0 Å². The van der Waals surface area contributed by atoms with Gasteiger partial charge >= 0.3 is 0 Å². The number of methoxy groups -OCH3 is 1. The topological polar surface area (TPSA) is 35.5 Å². The number of hydrogen-bond acceptors (Lipinski definition) is 3. The fourth-order valence-corrected chi connectivity index (χ4v) is 0.537. The van der Waals surface area contributed by atoms with Crippen LogP contribution in [0.1, 0.15) is 20.3 Å². The lowest BCUT2D eigenvalue weighted by molar-refractivity contribution is -0.141. The van der Waals surface area contributed by atoms with Crippen molar-refractivity contribution in [2.24, 2.45) is 0 Å². The average Bonchev–Trinajstić information content (AvgIpc) is 1.84. The Balaban J connectivity index is 3.51. The minimum Gasteiger partial charge on any atom is -0.462 e. The number of carbonyl (C=O) groups excluding carboxylic acids is 1. The zero-order valence-corrected chi connectivity index (χ0v) is 6.72. The monoisotopic (exact) mass is 146 g/mol. The molecular formula is C7H14O3. The van der Waals surface area contributed by atoms with Crippen LogP contribution in [0.5, 0.6) is 0 Å². The van der Waals surface area contributed by atoms with Gasteiger partial charge in [-0.25, -0.2) is 0 Å². The van der Waals surface area contributed by atoms with E-state index in [4.69, 9.17) is 9.47 Å². The van der Waals surface area contributed by atoms with Crippen LogP contribution in [0.4, 0.5) is 0 Å². The Morgan fingerprint density at radius 3 is 2.50 bits per heavy atom. The minimum atomic E-state index is -0.391. The van der Waals surface area contributed by atoms with Gasteiger partial charge in [-0.3, -0.25) is 4.79 Å². The second kappa shape index (κ2) is 4.28. The summed E-state index contributed by atoms with van der Waals surface area (Å²) in [5.74, 6) is 0. The molecular weight excluding hydrogens is 132 g/mol. The van der Waals surface area contributed by atoms with Crippen molar-refractivity contribution in [2.45, 2.75) is 25.9 Å². The summed E-state index contributed by atoms with van der Waals surface area (Å²) in [5.41, 5.74) is -0.391. The summed E-state index contributed by atoms with van der Waals surface area (Å²) in [6.45, 7) is 4.78. The van der Waals surface area contributed by atoms with Crippen molar-refractivity contribution in [1.82, 2.24) is 0 Å². The van der Waals surface area contributed by atoms with E-state index in [2.05, 4.69) is 0 Å². The summed E-state index contributed by atoms with van der Waals surface area (Å²) in [5, 5.41) is 0. The van der Waals surface area contributed by atoms with Crippen molar-refractivity contribution >= 4 is 6.47 Å². The van der Waals surface area contributed by atoms with Gasteiger partial charge in [0.15, 0.2) is 0 Å². The third kappa shape index (κ3) is 4.32. The van der Waals surface area contributed by atoms with Gasteiger partial charge in [0.05, 0.1) is 0 Å². The van der Waals surface area contributed by atoms with E-state index in [1.165, 1.54) is 0 Å². The van der Waals surface area contributed by atoms with Crippen LogP contribution in [-0.2, 0) is 14.3 Å². The molecule has 0 spiro atoms. The molecule has 0 aliphatic carbocycles. The number of carbonyl (C=O) groups is 1. The van der Waals surface area contributed by atoms with E-state index < -0.39 is 5.60 Å². The van der Waals surface area contributed by atoms with Gasteiger partial charge < -0.3 is 9.47 Å². The molecule has 3 nitrogen and oxygen atoms in total. The standard InChI is InChI=1S/C7H14O3/c1-7(2,10-6-8)4-5-9-3/h6H,4-5H2,1-3H3. The Labute approximate surface area is 61.3 Å². The third-order valence-corrected chi connectivity index (χ3v) is 1.28. The van der Waals surface area contributed by atoms with Gasteiger partial charge in [0.2, 0.25) is 0 Å². The first-order chi connectivity index (χ1) is 4.62. The predicted molar refractivity (Wildman–Crippen MR) is 37.7 cm³/mol. The molecule has 0 radical (unpaired) electrons. The molecule has 0 saturated heterocycles. The molecule has 0 N–H and O–H groups in total. The lowest BCUT2D eigenvalue weighted by Gasteiger charge is -2.21. The van der Waals surface area contributed by atoms with Crippen LogP contribution in [0.25, 0.3) is 0 Å². The highest BCUT2D eigenvalue weighted by atomic mass is 16.5. The Kier molecular flexibility index (Phi) is 4.03. The maximum absolute atomic E-state index is 9.92. The molecule has 0 amide bonds. The van der Waals surface area contributed by atoms with E-state index in [0.717, 1.165) is 6.42 Å². The summed E-state index contributed by atoms with van der Waals surface area (Å²) < 4.78 is 9.60.